The van der Waals surface area contributed by atoms with Crippen molar-refractivity contribution in [3.05, 3.63) is 45.4 Å². The number of guanidine groups is 1. The van der Waals surface area contributed by atoms with Gasteiger partial charge in [-0.2, -0.15) is 0 Å². The SMILES string of the molecule is CN=C(NCCc1nc(C)c(C)s1)NCc1ccc(OCCCN(C)C)cc1. The van der Waals surface area contributed by atoms with Crippen LogP contribution in [-0.4, -0.2) is 56.7 Å². The van der Waals surface area contributed by atoms with Crippen molar-refractivity contribution >= 4 is 17.3 Å². The number of aliphatic imine (C=N–C) groups is 1. The standard InChI is InChI=1S/C21H33N5OS/c1-16-17(2)28-20(25-16)11-12-23-21(22-3)24-15-18-7-9-19(10-8-18)27-14-6-13-26(4)5/h7-10H,6,11-15H2,1-5H3,(H2,22,23,24). The molecular formula is C21H33N5OS. The van der Waals surface area contributed by atoms with Gasteiger partial charge in [0.15, 0.2) is 5.96 Å². The maximum atomic E-state index is 5.78. The number of benzene rings is 1. The molecule has 6 nitrogen and oxygen atoms in total. The molecule has 0 unspecified atom stereocenters. The number of aromatic nitrogens is 1. The highest BCUT2D eigenvalue weighted by atomic mass is 32.1. The summed E-state index contributed by atoms with van der Waals surface area (Å²) < 4.78 is 5.78. The van der Waals surface area contributed by atoms with E-state index in [1.54, 1.807) is 18.4 Å². The van der Waals surface area contributed by atoms with Crippen LogP contribution in [0.15, 0.2) is 29.3 Å². The van der Waals surface area contributed by atoms with Gasteiger partial charge in [0.25, 0.3) is 0 Å². The quantitative estimate of drug-likeness (QED) is 0.363. The van der Waals surface area contributed by atoms with Gasteiger partial charge in [-0.3, -0.25) is 4.99 Å². The van der Waals surface area contributed by atoms with Gasteiger partial charge in [-0.25, -0.2) is 4.98 Å². The van der Waals surface area contributed by atoms with E-state index < -0.39 is 0 Å². The second kappa shape index (κ2) is 11.7. The summed E-state index contributed by atoms with van der Waals surface area (Å²) in [4.78, 5) is 12.3. The predicted octanol–water partition coefficient (Wildman–Crippen LogP) is 3.00. The third kappa shape index (κ3) is 7.86. The molecule has 0 aliphatic carbocycles. The second-order valence-electron chi connectivity index (χ2n) is 7.00. The minimum absolute atomic E-state index is 0.718. The molecule has 0 aliphatic rings. The summed E-state index contributed by atoms with van der Waals surface area (Å²) in [6.45, 7) is 7.48. The molecular weight excluding hydrogens is 370 g/mol. The van der Waals surface area contributed by atoms with Gasteiger partial charge in [-0.05, 0) is 52.1 Å². The number of thiazole rings is 1. The molecule has 154 valence electrons. The van der Waals surface area contributed by atoms with E-state index in [-0.39, 0.29) is 0 Å². The number of rotatable bonds is 10. The van der Waals surface area contributed by atoms with Gasteiger partial charge in [0.1, 0.15) is 5.75 Å². The lowest BCUT2D eigenvalue weighted by Crippen LogP contribution is -2.37. The number of ether oxygens (including phenoxy) is 1. The number of aryl methyl sites for hydroxylation is 2. The Morgan fingerprint density at radius 1 is 1.18 bits per heavy atom. The van der Waals surface area contributed by atoms with Crippen LogP contribution in [0.3, 0.4) is 0 Å². The third-order valence-electron chi connectivity index (χ3n) is 4.33. The molecule has 0 saturated carbocycles. The van der Waals surface area contributed by atoms with E-state index in [1.807, 2.05) is 12.1 Å². The summed E-state index contributed by atoms with van der Waals surface area (Å²) in [5.41, 5.74) is 2.32. The maximum Gasteiger partial charge on any atom is 0.191 e. The first-order valence-electron chi connectivity index (χ1n) is 9.72. The highest BCUT2D eigenvalue weighted by molar-refractivity contribution is 7.11. The first-order chi connectivity index (χ1) is 13.5. The minimum atomic E-state index is 0.718. The fraction of sp³-hybridized carbons (Fsp3) is 0.524. The fourth-order valence-corrected chi connectivity index (χ4v) is 3.55. The van der Waals surface area contributed by atoms with Gasteiger partial charge >= 0.3 is 0 Å². The Morgan fingerprint density at radius 3 is 2.54 bits per heavy atom. The lowest BCUT2D eigenvalue weighted by Gasteiger charge is -2.12. The van der Waals surface area contributed by atoms with Crippen LogP contribution in [0.2, 0.25) is 0 Å². The van der Waals surface area contributed by atoms with E-state index in [0.29, 0.717) is 0 Å². The van der Waals surface area contributed by atoms with Crippen LogP contribution >= 0.6 is 11.3 Å². The molecule has 0 atom stereocenters. The zero-order valence-electron chi connectivity index (χ0n) is 17.7. The molecule has 0 saturated heterocycles. The number of nitrogens with zero attached hydrogens (tertiary/aromatic N) is 3. The normalized spacial score (nSPS) is 11.7. The van der Waals surface area contributed by atoms with Crippen molar-refractivity contribution in [1.82, 2.24) is 20.5 Å². The Balaban J connectivity index is 1.69. The molecule has 0 fully saturated rings. The summed E-state index contributed by atoms with van der Waals surface area (Å²) in [5, 5.41) is 7.86. The van der Waals surface area contributed by atoms with Crippen LogP contribution in [0.25, 0.3) is 0 Å². The molecule has 1 heterocycles. The monoisotopic (exact) mass is 403 g/mol. The van der Waals surface area contributed by atoms with E-state index >= 15 is 0 Å². The van der Waals surface area contributed by atoms with Gasteiger partial charge in [0.05, 0.1) is 17.3 Å². The van der Waals surface area contributed by atoms with Gasteiger partial charge in [-0.15, -0.1) is 11.3 Å². The Labute approximate surface area is 173 Å². The smallest absolute Gasteiger partial charge is 0.191 e. The number of hydrogen-bond acceptors (Lipinski definition) is 5. The highest BCUT2D eigenvalue weighted by Gasteiger charge is 2.04. The molecule has 2 rings (SSSR count). The topological polar surface area (TPSA) is 61.8 Å². The first-order valence-corrected chi connectivity index (χ1v) is 10.5. The third-order valence-corrected chi connectivity index (χ3v) is 5.46. The molecule has 7 heteroatoms. The molecule has 1 aromatic carbocycles. The van der Waals surface area contributed by atoms with Crippen LogP contribution in [0, 0.1) is 13.8 Å². The van der Waals surface area contributed by atoms with Crippen molar-refractivity contribution in [3.63, 3.8) is 0 Å². The molecule has 28 heavy (non-hydrogen) atoms. The molecule has 0 radical (unpaired) electrons. The van der Waals surface area contributed by atoms with Crippen LogP contribution in [0.1, 0.15) is 27.6 Å². The predicted molar refractivity (Wildman–Crippen MR) is 119 cm³/mol. The molecule has 0 amide bonds. The lowest BCUT2D eigenvalue weighted by molar-refractivity contribution is 0.281. The van der Waals surface area contributed by atoms with Crippen LogP contribution in [0.4, 0.5) is 0 Å². The van der Waals surface area contributed by atoms with Crippen LogP contribution in [-0.2, 0) is 13.0 Å². The zero-order chi connectivity index (χ0) is 20.4. The molecule has 2 aromatic rings. The van der Waals surface area contributed by atoms with E-state index in [1.165, 1.54) is 15.4 Å². The van der Waals surface area contributed by atoms with Crippen molar-refractivity contribution < 1.29 is 4.74 Å². The van der Waals surface area contributed by atoms with Gasteiger partial charge in [0.2, 0.25) is 0 Å². The maximum absolute atomic E-state index is 5.78. The average molecular weight is 404 g/mol. The Bertz CT molecular complexity index is 720. The Hall–Kier alpha value is -2.12. The molecule has 1 aromatic heterocycles. The van der Waals surface area contributed by atoms with E-state index in [2.05, 4.69) is 65.6 Å². The average Bonchev–Trinajstić information content (AvgIpc) is 3.00. The van der Waals surface area contributed by atoms with Crippen LogP contribution < -0.4 is 15.4 Å². The molecule has 0 bridgehead atoms. The second-order valence-corrected chi connectivity index (χ2v) is 8.29. The van der Waals surface area contributed by atoms with E-state index in [4.69, 9.17) is 4.74 Å². The number of hydrogen-bond donors (Lipinski definition) is 2. The summed E-state index contributed by atoms with van der Waals surface area (Å²) >= 11 is 1.77. The lowest BCUT2D eigenvalue weighted by atomic mass is 10.2. The summed E-state index contributed by atoms with van der Waals surface area (Å²) in [5.74, 6) is 1.72. The Morgan fingerprint density at radius 2 is 1.93 bits per heavy atom. The van der Waals surface area contributed by atoms with Crippen molar-refractivity contribution in [2.45, 2.75) is 33.2 Å². The van der Waals surface area contributed by atoms with Crippen LogP contribution in [0.5, 0.6) is 5.75 Å². The van der Waals surface area contributed by atoms with Crippen molar-refractivity contribution in [2.75, 3.05) is 40.8 Å². The van der Waals surface area contributed by atoms with E-state index in [9.17, 15) is 0 Å². The molecule has 0 spiro atoms. The van der Waals surface area contributed by atoms with E-state index in [0.717, 1.165) is 56.5 Å². The zero-order valence-corrected chi connectivity index (χ0v) is 18.5. The largest absolute Gasteiger partial charge is 0.494 e. The Kier molecular flexibility index (Phi) is 9.23. The van der Waals surface area contributed by atoms with Gasteiger partial charge in [-0.1, -0.05) is 12.1 Å². The van der Waals surface area contributed by atoms with Crippen molar-refractivity contribution in [3.8, 4) is 5.75 Å². The van der Waals surface area contributed by atoms with Gasteiger partial charge < -0.3 is 20.3 Å². The number of nitrogens with one attached hydrogen (secondary N) is 2. The molecule has 0 aliphatic heterocycles. The summed E-state index contributed by atoms with van der Waals surface area (Å²) in [6.07, 6.45) is 1.93. The van der Waals surface area contributed by atoms with Crippen molar-refractivity contribution in [1.29, 1.82) is 0 Å². The summed E-state index contributed by atoms with van der Waals surface area (Å²) in [6, 6.07) is 8.22. The highest BCUT2D eigenvalue weighted by Crippen LogP contribution is 2.16. The fourth-order valence-electron chi connectivity index (χ4n) is 2.61. The first kappa shape index (κ1) is 22.2. The van der Waals surface area contributed by atoms with Crippen molar-refractivity contribution in [2.24, 2.45) is 4.99 Å². The van der Waals surface area contributed by atoms with Gasteiger partial charge in [0, 0.05) is 38.0 Å². The summed E-state index contributed by atoms with van der Waals surface area (Å²) in [7, 11) is 5.94. The minimum Gasteiger partial charge on any atom is -0.494 e. The molecule has 2 N–H and O–H groups in total.